The average molecular weight is 1100 g/mol. The number of ether oxygens (including phenoxy) is 7. The molecule has 8 bridgehead atoms. The van der Waals surface area contributed by atoms with Crippen LogP contribution >= 0.6 is 0 Å². The maximum Gasteiger partial charge on any atom is 2.00 e. The van der Waals surface area contributed by atoms with Crippen molar-refractivity contribution in [1.82, 2.24) is 0 Å². The summed E-state index contributed by atoms with van der Waals surface area (Å²) < 4.78 is 36.7. The number of esters is 7. The maximum absolute atomic E-state index is 14.0. The molecule has 0 amide bonds. The van der Waals surface area contributed by atoms with Gasteiger partial charge in [-0.05, 0) is 68.9 Å². The van der Waals surface area contributed by atoms with Crippen molar-refractivity contribution >= 4 is 58.9 Å². The first kappa shape index (κ1) is 61.6. The number of nitrogens with zero attached hydrogens (tertiary/aromatic N) is 5. The van der Waals surface area contributed by atoms with Gasteiger partial charge in [0.2, 0.25) is 0 Å². The largest absolute Gasteiger partial charge is 2.00 e. The number of fused-ring (bicyclic) bond motifs is 6. The third-order valence-corrected chi connectivity index (χ3v) is 16.7. The van der Waals surface area contributed by atoms with Crippen LogP contribution in [-0.2, 0) is 83.5 Å². The van der Waals surface area contributed by atoms with Crippen LogP contribution in [0.5, 0.6) is 0 Å². The molecule has 9 atom stereocenters. The standard InChI is InChI=1S/C52H73N4O14.CN.Co/c1-28-43-31(17-20-37(58)65-10)48(3,4)35(54-43)25-34-30(16-19-36(57)64-9)50(6,26-41(62)69-14)46(53-34)29(2)44-32(18-21-38(59)66-11)51(7,27-42(63)70-15)52(8,56-44)47-33(24-40(61)68-13)49(5,45(28)55-47)23-22-39(60)67-12;1-2;/h25,30-33,47H,16-24,26-27H2,1-15H3;;/q2*-1;+2/t30-,31-,32-,33+,47-,49-,50+,51+,52+;;/m1../s1/i36+1,37+1,38+1,39+1,40+1,41+1,42+1,57+2,58+2,59+2,60+2,61+2,62+2,63+2,64+2,65+2,66+2,67+2,68+2,69+2;;. The van der Waals surface area contributed by atoms with E-state index in [9.17, 15) is 33.6 Å². The third kappa shape index (κ3) is 11.7. The molecule has 5 aliphatic heterocycles. The summed E-state index contributed by atoms with van der Waals surface area (Å²) in [6.07, 6.45) is 2.21. The van der Waals surface area contributed by atoms with Crippen LogP contribution in [0.15, 0.2) is 49.3 Å². The van der Waals surface area contributed by atoms with E-state index in [1.54, 1.807) is 0 Å². The summed E-state index contributed by atoms with van der Waals surface area (Å²) in [4.78, 5) is 111. The van der Waals surface area contributed by atoms with Crippen LogP contribution < -0.4 is 0 Å². The fraction of sp³-hybridized carbons (Fsp3) is 0.679. The van der Waals surface area contributed by atoms with Gasteiger partial charge in [0.1, 0.15) is 0 Å². The molecule has 0 saturated carbocycles. The summed E-state index contributed by atoms with van der Waals surface area (Å²) in [5, 5.41) is 11.7. The Balaban J connectivity index is 0.00000463. The molecule has 0 aliphatic carbocycles. The summed E-state index contributed by atoms with van der Waals surface area (Å²) in [5.74, 6) is -5.83. The van der Waals surface area contributed by atoms with E-state index in [2.05, 4.69) is 0 Å². The zero-order chi connectivity index (χ0) is 54.3. The van der Waals surface area contributed by atoms with Gasteiger partial charge < -0.3 is 50.3 Å². The van der Waals surface area contributed by atoms with E-state index in [0.29, 0.717) is 51.8 Å². The molecule has 1 fully saturated rings. The van der Waals surface area contributed by atoms with Crippen molar-refractivity contribution in [3.8, 4) is 0 Å². The van der Waals surface area contributed by atoms with Crippen molar-refractivity contribution in [2.24, 2.45) is 60.3 Å². The van der Waals surface area contributed by atoms with E-state index in [1.165, 1.54) is 49.8 Å². The molecule has 5 heterocycles. The number of aliphatic imine (C=N–C) groups is 3. The molecule has 5 aliphatic rings. The van der Waals surface area contributed by atoms with Crippen LogP contribution in [0.25, 0.3) is 5.32 Å². The monoisotopic (exact) mass is 1100 g/mol. The van der Waals surface area contributed by atoms with Gasteiger partial charge in [-0.15, -0.1) is 5.70 Å². The Morgan fingerprint density at radius 1 is 0.671 bits per heavy atom. The van der Waals surface area contributed by atoms with Crippen molar-refractivity contribution in [1.29, 1.82) is 5.26 Å². The van der Waals surface area contributed by atoms with Gasteiger partial charge in [-0.1, -0.05) is 40.7 Å². The van der Waals surface area contributed by atoms with Crippen molar-refractivity contribution < 1.29 is 83.5 Å². The van der Waals surface area contributed by atoms with Gasteiger partial charge in [0, 0.05) is 82.5 Å². The number of methoxy groups -OCH3 is 7. The van der Waals surface area contributed by atoms with Crippen LogP contribution in [0.4, 0.5) is 0 Å². The summed E-state index contributed by atoms with van der Waals surface area (Å²) in [5.41, 5.74) is -0.993. The molecule has 0 aromatic rings. The second-order valence-electron chi connectivity index (χ2n) is 20.7. The average Bonchev–Trinajstić information content (AvgIpc) is 3.98. The Bertz CT molecular complexity index is 2400. The molecule has 20 heteroatoms. The van der Waals surface area contributed by atoms with Gasteiger partial charge in [0.25, 0.3) is 0 Å². The number of hydrogen-bond donors (Lipinski definition) is 0. The Kier molecular flexibility index (Phi) is 20.7. The smallest absolute Gasteiger partial charge is 0.664 e. The molecule has 0 aromatic carbocycles. The quantitative estimate of drug-likeness (QED) is 0.0425. The maximum atomic E-state index is 14.0. The molecule has 0 N–H and O–H groups in total. The topological polar surface area (TPSA) is 259 Å². The molecule has 0 unspecified atom stereocenters. The SMILES string of the molecule is CO[13C](=[18O])C[C@@]1(C)[C@H](CC[13C](=[18O])[18O]C)C2=N[C@@]1(C)[C@@H]1N=C(/C(C)=C3N=C(/C=C4\[N-]/C(=C\2C)[C@@](C)(C[13C](=[18O])[18O]C)[C@@H]4CC[13C](=[18O])[18O]C)C(C)(C)[C@@H]\3CC[13C](=[18O])[18O]C)[C@](C)(CC[13C](=[18O])[18O]C)[C@H]1C[13C](=[18O])[18O]C.[C-]#N.[Co+2]. The van der Waals surface area contributed by atoms with E-state index in [1.807, 2.05) is 61.5 Å². The van der Waals surface area contributed by atoms with E-state index in [4.69, 9.17) is 65.3 Å². The van der Waals surface area contributed by atoms with E-state index in [-0.39, 0.29) is 81.0 Å². The number of carbonyl (C=O) groups excluding carboxylic acids is 7. The fourth-order valence-corrected chi connectivity index (χ4v) is 12.2. The first-order valence-corrected chi connectivity index (χ1v) is 24.2. The van der Waals surface area contributed by atoms with Crippen molar-refractivity contribution in [2.45, 2.75) is 138 Å². The van der Waals surface area contributed by atoms with Gasteiger partial charge in [0.15, 0.2) is 0 Å². The minimum absolute atomic E-state index is 0. The minimum atomic E-state index is -1.38. The predicted octanol–water partition coefficient (Wildman–Crippen LogP) is 7.42. The molecule has 73 heavy (non-hydrogen) atoms. The van der Waals surface area contributed by atoms with Crippen LogP contribution in [0, 0.1) is 57.2 Å². The fourth-order valence-electron chi connectivity index (χ4n) is 12.2. The zero-order valence-electron chi connectivity index (χ0n) is 45.0. The summed E-state index contributed by atoms with van der Waals surface area (Å²) in [7, 11) is 9.17. The van der Waals surface area contributed by atoms with Crippen molar-refractivity contribution in [3.05, 3.63) is 46.2 Å². The molecule has 0 spiro atoms. The first-order chi connectivity index (χ1) is 33.8. The molecule has 19 nitrogen and oxygen atoms in total. The molecule has 5 rings (SSSR count). The molecule has 1 saturated heterocycles. The van der Waals surface area contributed by atoms with E-state index in [0.717, 1.165) is 0 Å². The molecular formula is C53H73CoN5O14. The van der Waals surface area contributed by atoms with Crippen LogP contribution in [0.2, 0.25) is 0 Å². The Morgan fingerprint density at radius 3 is 1.67 bits per heavy atom. The van der Waals surface area contributed by atoms with Gasteiger partial charge in [-0.25, -0.2) is 0 Å². The summed E-state index contributed by atoms with van der Waals surface area (Å²) in [6, 6.07) is -0.898. The van der Waals surface area contributed by atoms with Gasteiger partial charge in [-0.2, -0.15) is 5.70 Å². The van der Waals surface area contributed by atoms with E-state index < -0.39 is 98.7 Å². The third-order valence-electron chi connectivity index (χ3n) is 16.7. The molecule has 1 radical (unpaired) electrons. The van der Waals surface area contributed by atoms with Gasteiger partial charge >= 0.3 is 58.6 Å². The number of allylic oxidation sites excluding steroid dienone is 6. The summed E-state index contributed by atoms with van der Waals surface area (Å²) >= 11 is 0. The number of hydrogen-bond acceptors (Lipinski definition) is 18. The van der Waals surface area contributed by atoms with Crippen LogP contribution in [0.1, 0.15) is 126 Å². The Morgan fingerprint density at radius 2 is 1.16 bits per heavy atom. The molecular weight excluding hydrogens is 1020 g/mol. The Hall–Kier alpha value is -5.68. The van der Waals surface area contributed by atoms with Crippen molar-refractivity contribution in [2.75, 3.05) is 49.8 Å². The van der Waals surface area contributed by atoms with Gasteiger partial charge in [0.05, 0.1) is 80.6 Å². The second kappa shape index (κ2) is 24.6. The molecule has 0 aromatic heterocycles. The van der Waals surface area contributed by atoms with Crippen LogP contribution in [0.3, 0.4) is 0 Å². The summed E-state index contributed by atoms with van der Waals surface area (Å²) in [6.45, 7) is 20.3. The Labute approximate surface area is 439 Å². The zero-order valence-corrected chi connectivity index (χ0v) is 46.1. The minimum Gasteiger partial charge on any atom is -0.664 e. The van der Waals surface area contributed by atoms with Crippen LogP contribution in [-0.4, -0.2) is 120 Å². The second-order valence-corrected chi connectivity index (χ2v) is 20.7. The number of carbonyl (C=O) groups is 7. The van der Waals surface area contributed by atoms with Gasteiger partial charge in [-0.3, -0.25) is 48.5 Å². The van der Waals surface area contributed by atoms with Crippen molar-refractivity contribution in [3.63, 3.8) is 0 Å². The van der Waals surface area contributed by atoms with E-state index >= 15 is 0 Å². The normalized spacial score (nSPS) is 32.1. The molecule has 403 valence electrons. The first-order valence-electron chi connectivity index (χ1n) is 24.2. The predicted molar refractivity (Wildman–Crippen MR) is 263 cm³/mol. The number of rotatable bonds is 18.